The zero-order valence-electron chi connectivity index (χ0n) is 11.7. The lowest BCUT2D eigenvalue weighted by atomic mass is 9.99. The van der Waals surface area contributed by atoms with Crippen LogP contribution in [0.1, 0.15) is 41.3 Å². The second-order valence-electron chi connectivity index (χ2n) is 4.66. The van der Waals surface area contributed by atoms with E-state index < -0.39 is 0 Å². The smallest absolute Gasteiger partial charge is 0.106 e. The maximum Gasteiger partial charge on any atom is 0.106 e. The monoisotopic (exact) mass is 247 g/mol. The molecule has 4 nitrogen and oxygen atoms in total. The van der Waals surface area contributed by atoms with Crippen molar-refractivity contribution >= 4 is 0 Å². The number of hydrogen-bond donors (Lipinski definition) is 1. The molecule has 0 saturated heterocycles. The quantitative estimate of drug-likeness (QED) is 0.903. The summed E-state index contributed by atoms with van der Waals surface area (Å²) < 4.78 is 7.56. The van der Waals surface area contributed by atoms with Crippen LogP contribution < -0.4 is 5.32 Å². The topological polar surface area (TPSA) is 43.0 Å². The molecule has 0 bridgehead atoms. The number of nitrogens with zero attached hydrogens (tertiary/aromatic N) is 2. The first-order chi connectivity index (χ1) is 8.54. The van der Waals surface area contributed by atoms with Gasteiger partial charge in [-0.2, -0.15) is 5.10 Å². The fourth-order valence-electron chi connectivity index (χ4n) is 2.38. The largest absolute Gasteiger partial charge is 0.466 e. The molecule has 0 aromatic carbocycles. The summed E-state index contributed by atoms with van der Waals surface area (Å²) in [6.07, 6.45) is 1.97. The van der Waals surface area contributed by atoms with Crippen molar-refractivity contribution in [3.05, 3.63) is 40.6 Å². The van der Waals surface area contributed by atoms with Crippen LogP contribution in [0.4, 0.5) is 0 Å². The Bertz CT molecular complexity index is 539. The third-order valence-electron chi connectivity index (χ3n) is 3.34. The number of hydrogen-bond acceptors (Lipinski definition) is 3. The van der Waals surface area contributed by atoms with Crippen molar-refractivity contribution in [2.24, 2.45) is 7.05 Å². The molecule has 2 rings (SSSR count). The highest BCUT2D eigenvalue weighted by Gasteiger charge is 2.23. The molecule has 0 aliphatic heterocycles. The highest BCUT2D eigenvalue weighted by molar-refractivity contribution is 5.38. The van der Waals surface area contributed by atoms with Crippen LogP contribution in [-0.2, 0) is 7.05 Å². The zero-order valence-corrected chi connectivity index (χ0v) is 11.7. The standard InChI is InChI=1S/C14H21N3O/c1-6-15-14(12-7-8-17(5)16-12)13-9(2)10(3)18-11(13)4/h7-8,14-15H,6H2,1-5H3. The Morgan fingerprint density at radius 2 is 2.06 bits per heavy atom. The number of aromatic nitrogens is 2. The van der Waals surface area contributed by atoms with E-state index in [1.807, 2.05) is 31.8 Å². The Hall–Kier alpha value is -1.55. The molecule has 0 amide bonds. The van der Waals surface area contributed by atoms with Gasteiger partial charge in [0.05, 0.1) is 11.7 Å². The molecule has 0 radical (unpaired) electrons. The number of aryl methyl sites for hydroxylation is 3. The highest BCUT2D eigenvalue weighted by Crippen LogP contribution is 2.30. The maximum atomic E-state index is 5.73. The fourth-order valence-corrected chi connectivity index (χ4v) is 2.38. The predicted octanol–water partition coefficient (Wildman–Crippen LogP) is 2.64. The molecule has 1 atom stereocenters. The van der Waals surface area contributed by atoms with Crippen LogP contribution in [-0.4, -0.2) is 16.3 Å². The van der Waals surface area contributed by atoms with E-state index in [1.54, 1.807) is 0 Å². The van der Waals surface area contributed by atoms with Crippen LogP contribution in [0.25, 0.3) is 0 Å². The summed E-state index contributed by atoms with van der Waals surface area (Å²) in [6.45, 7) is 9.13. The van der Waals surface area contributed by atoms with Crippen LogP contribution in [0, 0.1) is 20.8 Å². The SMILES string of the molecule is CCNC(c1ccn(C)n1)c1c(C)oc(C)c1C. The molecule has 2 aromatic rings. The van der Waals surface area contributed by atoms with Crippen LogP contribution in [0.3, 0.4) is 0 Å². The van der Waals surface area contributed by atoms with Gasteiger partial charge in [-0.1, -0.05) is 6.92 Å². The third kappa shape index (κ3) is 2.20. The molecular formula is C14H21N3O. The molecule has 0 aliphatic rings. The Kier molecular flexibility index (Phi) is 3.57. The Morgan fingerprint density at radius 3 is 2.50 bits per heavy atom. The second-order valence-corrected chi connectivity index (χ2v) is 4.66. The average Bonchev–Trinajstić information content (AvgIpc) is 2.83. The number of rotatable bonds is 4. The fraction of sp³-hybridized carbons (Fsp3) is 0.500. The Morgan fingerprint density at radius 1 is 1.33 bits per heavy atom. The van der Waals surface area contributed by atoms with E-state index in [1.165, 1.54) is 11.1 Å². The normalized spacial score (nSPS) is 12.9. The molecule has 18 heavy (non-hydrogen) atoms. The van der Waals surface area contributed by atoms with Crippen LogP contribution >= 0.6 is 0 Å². The molecule has 1 unspecified atom stereocenters. The van der Waals surface area contributed by atoms with E-state index in [0.29, 0.717) is 0 Å². The zero-order chi connectivity index (χ0) is 13.3. The number of furan rings is 1. The lowest BCUT2D eigenvalue weighted by Crippen LogP contribution is -2.23. The van der Waals surface area contributed by atoms with Crippen LogP contribution in [0.2, 0.25) is 0 Å². The van der Waals surface area contributed by atoms with Gasteiger partial charge in [-0.15, -0.1) is 0 Å². The van der Waals surface area contributed by atoms with E-state index in [9.17, 15) is 0 Å². The van der Waals surface area contributed by atoms with Crippen molar-refractivity contribution in [3.63, 3.8) is 0 Å². The first kappa shape index (κ1) is 12.9. The highest BCUT2D eigenvalue weighted by atomic mass is 16.3. The van der Waals surface area contributed by atoms with Gasteiger partial charge in [-0.25, -0.2) is 0 Å². The van der Waals surface area contributed by atoms with Gasteiger partial charge in [0, 0.05) is 18.8 Å². The molecule has 0 saturated carbocycles. The minimum atomic E-state index is 0.105. The second kappa shape index (κ2) is 4.98. The predicted molar refractivity (Wildman–Crippen MR) is 71.6 cm³/mol. The first-order valence-electron chi connectivity index (χ1n) is 6.34. The van der Waals surface area contributed by atoms with Crippen molar-refractivity contribution in [1.82, 2.24) is 15.1 Å². The van der Waals surface area contributed by atoms with Crippen molar-refractivity contribution in [1.29, 1.82) is 0 Å². The first-order valence-corrected chi connectivity index (χ1v) is 6.34. The summed E-state index contributed by atoms with van der Waals surface area (Å²) in [4.78, 5) is 0. The van der Waals surface area contributed by atoms with E-state index >= 15 is 0 Å². The minimum absolute atomic E-state index is 0.105. The molecule has 2 aromatic heterocycles. The summed E-state index contributed by atoms with van der Waals surface area (Å²) >= 11 is 0. The molecular weight excluding hydrogens is 226 g/mol. The lowest BCUT2D eigenvalue weighted by molar-refractivity contribution is 0.492. The van der Waals surface area contributed by atoms with E-state index in [-0.39, 0.29) is 6.04 Å². The summed E-state index contributed by atoms with van der Waals surface area (Å²) in [5, 5.41) is 8.00. The minimum Gasteiger partial charge on any atom is -0.466 e. The van der Waals surface area contributed by atoms with Crippen LogP contribution in [0.15, 0.2) is 16.7 Å². The van der Waals surface area contributed by atoms with Gasteiger partial charge in [0.2, 0.25) is 0 Å². The molecule has 0 spiro atoms. The van der Waals surface area contributed by atoms with Gasteiger partial charge in [-0.05, 0) is 38.9 Å². The van der Waals surface area contributed by atoms with Gasteiger partial charge in [-0.3, -0.25) is 4.68 Å². The van der Waals surface area contributed by atoms with Crippen molar-refractivity contribution in [2.75, 3.05) is 6.54 Å². The summed E-state index contributed by atoms with van der Waals surface area (Å²) in [7, 11) is 1.94. The van der Waals surface area contributed by atoms with Crippen molar-refractivity contribution in [2.45, 2.75) is 33.7 Å². The van der Waals surface area contributed by atoms with Gasteiger partial charge in [0.15, 0.2) is 0 Å². The molecule has 0 fully saturated rings. The molecule has 2 heterocycles. The van der Waals surface area contributed by atoms with E-state index in [0.717, 1.165) is 23.8 Å². The van der Waals surface area contributed by atoms with Gasteiger partial charge >= 0.3 is 0 Å². The Labute approximate surface area is 108 Å². The summed E-state index contributed by atoms with van der Waals surface area (Å²) in [5.74, 6) is 1.96. The van der Waals surface area contributed by atoms with E-state index in [2.05, 4.69) is 30.3 Å². The van der Waals surface area contributed by atoms with Gasteiger partial charge in [0.25, 0.3) is 0 Å². The average molecular weight is 247 g/mol. The molecule has 98 valence electrons. The van der Waals surface area contributed by atoms with Crippen molar-refractivity contribution < 1.29 is 4.42 Å². The van der Waals surface area contributed by atoms with Gasteiger partial charge in [0.1, 0.15) is 11.5 Å². The molecule has 4 heteroatoms. The Balaban J connectivity index is 2.47. The number of nitrogens with one attached hydrogen (secondary N) is 1. The van der Waals surface area contributed by atoms with Crippen LogP contribution in [0.5, 0.6) is 0 Å². The maximum absolute atomic E-state index is 5.73. The summed E-state index contributed by atoms with van der Waals surface area (Å²) in [6, 6.07) is 2.16. The summed E-state index contributed by atoms with van der Waals surface area (Å²) in [5.41, 5.74) is 3.46. The molecule has 0 aliphatic carbocycles. The van der Waals surface area contributed by atoms with Crippen molar-refractivity contribution in [3.8, 4) is 0 Å². The molecule has 1 N–H and O–H groups in total. The van der Waals surface area contributed by atoms with E-state index in [4.69, 9.17) is 4.42 Å². The van der Waals surface area contributed by atoms with Gasteiger partial charge < -0.3 is 9.73 Å². The third-order valence-corrected chi connectivity index (χ3v) is 3.34. The lowest BCUT2D eigenvalue weighted by Gasteiger charge is -2.16.